The Morgan fingerprint density at radius 1 is 0.375 bits per heavy atom. The Morgan fingerprint density at radius 2 is 0.771 bits per heavy atom. The lowest BCUT2D eigenvalue weighted by atomic mass is 9.86. The van der Waals surface area contributed by atoms with E-state index in [0.717, 1.165) is 57.1 Å². The molecular weight excluding hydrogens is 585 g/mol. The molecule has 6 aromatic carbocycles. The van der Waals surface area contributed by atoms with Crippen LogP contribution in [0, 0.1) is 0 Å². The second-order valence-electron chi connectivity index (χ2n) is 13.9. The van der Waals surface area contributed by atoms with Gasteiger partial charge in [0.05, 0.1) is 0 Å². The number of hydrogen-bond acceptors (Lipinski definition) is 2. The molecule has 0 fully saturated rings. The molecule has 0 saturated carbocycles. The standard InChI is InChI=1S/C46H46O2/c1-3-5-7-9-11-13-31-15-19-33(20-16-31)35-23-27-39-43-37(35)25-29-41-45(43)46-42(47-39)30-26-38-36(24-28-40(48-41)44(38)46)34-21-17-32(18-22-34)14-12-10-8-6-4-2/h15-30H,3-14H2,1-2H3. The molecule has 2 heteroatoms. The van der Waals surface area contributed by atoms with E-state index in [9.17, 15) is 0 Å². The van der Waals surface area contributed by atoms with E-state index in [1.54, 1.807) is 0 Å². The minimum Gasteiger partial charge on any atom is -0.456 e. The highest BCUT2D eigenvalue weighted by Gasteiger charge is 2.26. The van der Waals surface area contributed by atoms with Gasteiger partial charge in [0, 0.05) is 21.9 Å². The maximum absolute atomic E-state index is 6.69. The van der Waals surface area contributed by atoms with Crippen molar-refractivity contribution in [2.24, 2.45) is 0 Å². The molecule has 0 saturated heterocycles. The van der Waals surface area contributed by atoms with Crippen LogP contribution in [0.4, 0.5) is 0 Å². The average Bonchev–Trinajstić information content (AvgIpc) is 3.13. The van der Waals surface area contributed by atoms with Gasteiger partial charge >= 0.3 is 0 Å². The molecule has 0 radical (unpaired) electrons. The largest absolute Gasteiger partial charge is 0.456 e. The van der Waals surface area contributed by atoms with Crippen LogP contribution < -0.4 is 0 Å². The first-order chi connectivity index (χ1) is 23.7. The Morgan fingerprint density at radius 3 is 1.19 bits per heavy atom. The molecule has 0 spiro atoms. The van der Waals surface area contributed by atoms with Gasteiger partial charge in [-0.1, -0.05) is 126 Å². The lowest BCUT2D eigenvalue weighted by Crippen LogP contribution is -1.96. The van der Waals surface area contributed by atoms with Crippen molar-refractivity contribution in [3.05, 3.63) is 108 Å². The highest BCUT2D eigenvalue weighted by molar-refractivity contribution is 6.26. The molecule has 242 valence electrons. The number of aryl methyl sites for hydroxylation is 2. The summed E-state index contributed by atoms with van der Waals surface area (Å²) >= 11 is 0. The van der Waals surface area contributed by atoms with Gasteiger partial charge in [-0.15, -0.1) is 0 Å². The van der Waals surface area contributed by atoms with Crippen molar-refractivity contribution in [1.29, 1.82) is 0 Å². The third-order valence-corrected chi connectivity index (χ3v) is 10.6. The Hall–Kier alpha value is -4.56. The summed E-state index contributed by atoms with van der Waals surface area (Å²) in [6, 6.07) is 35.9. The molecule has 2 aliphatic rings. The zero-order valence-corrected chi connectivity index (χ0v) is 28.5. The van der Waals surface area contributed by atoms with Gasteiger partial charge in [0.1, 0.15) is 22.3 Å². The fourth-order valence-corrected chi connectivity index (χ4v) is 7.94. The van der Waals surface area contributed by atoms with Crippen LogP contribution in [-0.2, 0) is 12.8 Å². The van der Waals surface area contributed by atoms with Crippen LogP contribution in [0.3, 0.4) is 0 Å². The van der Waals surface area contributed by atoms with Gasteiger partial charge in [-0.3, -0.25) is 0 Å². The minimum atomic E-state index is 0.898. The van der Waals surface area contributed by atoms with Gasteiger partial charge < -0.3 is 8.83 Å². The van der Waals surface area contributed by atoms with Crippen molar-refractivity contribution in [3.63, 3.8) is 0 Å². The van der Waals surface area contributed by atoms with E-state index in [4.69, 9.17) is 8.83 Å². The SMILES string of the molecule is CCCCCCCc1ccc(-c2ccc3oc4ccc5c(-c6ccc(CCCCCCC)cc6)ccc6oc7ccc2c3c7-c4c65)cc1. The molecule has 0 unspecified atom stereocenters. The van der Waals surface area contributed by atoms with E-state index < -0.39 is 0 Å². The van der Waals surface area contributed by atoms with Crippen LogP contribution in [0.25, 0.3) is 77.3 Å². The second kappa shape index (κ2) is 13.5. The Kier molecular flexibility index (Phi) is 8.66. The highest BCUT2D eigenvalue weighted by atomic mass is 16.3. The molecule has 6 aromatic rings. The van der Waals surface area contributed by atoms with Crippen molar-refractivity contribution in [3.8, 4) is 33.4 Å². The molecule has 48 heavy (non-hydrogen) atoms. The van der Waals surface area contributed by atoms with Crippen LogP contribution in [0.5, 0.6) is 0 Å². The molecule has 0 amide bonds. The van der Waals surface area contributed by atoms with Gasteiger partial charge in [-0.05, 0) is 106 Å². The van der Waals surface area contributed by atoms with Crippen molar-refractivity contribution in [1.82, 2.24) is 0 Å². The van der Waals surface area contributed by atoms with E-state index in [2.05, 4.69) is 111 Å². The summed E-state index contributed by atoms with van der Waals surface area (Å²) < 4.78 is 13.4. The summed E-state index contributed by atoms with van der Waals surface area (Å²) in [7, 11) is 0. The summed E-state index contributed by atoms with van der Waals surface area (Å²) in [5.74, 6) is 0. The molecule has 8 rings (SSSR count). The number of benzene rings is 6. The molecule has 2 aliphatic heterocycles. The summed E-state index contributed by atoms with van der Waals surface area (Å²) in [5, 5.41) is 4.69. The fraction of sp³-hybridized carbons (Fsp3) is 0.304. The van der Waals surface area contributed by atoms with E-state index in [1.807, 2.05) is 0 Å². The zero-order chi connectivity index (χ0) is 32.5. The van der Waals surface area contributed by atoms with Crippen LogP contribution in [0.1, 0.15) is 89.2 Å². The van der Waals surface area contributed by atoms with Gasteiger partial charge in [-0.25, -0.2) is 0 Å². The monoisotopic (exact) mass is 630 g/mol. The quantitative estimate of drug-likeness (QED) is 0.0679. The molecule has 0 N–H and O–H groups in total. The third kappa shape index (κ3) is 5.66. The molecule has 2 nitrogen and oxygen atoms in total. The maximum Gasteiger partial charge on any atom is 0.136 e. The zero-order valence-electron chi connectivity index (χ0n) is 28.5. The highest BCUT2D eigenvalue weighted by Crippen LogP contribution is 2.50. The molecular formula is C46H46O2. The normalized spacial score (nSPS) is 12.1. The predicted molar refractivity (Wildman–Crippen MR) is 205 cm³/mol. The average molecular weight is 631 g/mol. The summed E-state index contributed by atoms with van der Waals surface area (Å²) in [6.07, 6.45) is 15.4. The Labute approximate surface area is 284 Å². The molecule has 0 aliphatic carbocycles. The summed E-state index contributed by atoms with van der Waals surface area (Å²) in [4.78, 5) is 0. The summed E-state index contributed by atoms with van der Waals surface area (Å²) in [5.41, 5.74) is 13.7. The first-order valence-electron chi connectivity index (χ1n) is 18.5. The molecule has 0 bridgehead atoms. The van der Waals surface area contributed by atoms with E-state index in [-0.39, 0.29) is 0 Å². The van der Waals surface area contributed by atoms with Crippen molar-refractivity contribution in [2.75, 3.05) is 0 Å². The summed E-state index contributed by atoms with van der Waals surface area (Å²) in [6.45, 7) is 4.55. The number of hydrogen-bond donors (Lipinski definition) is 0. The van der Waals surface area contributed by atoms with Crippen LogP contribution in [-0.4, -0.2) is 0 Å². The first-order valence-corrected chi connectivity index (χ1v) is 18.5. The molecule has 2 heterocycles. The minimum absolute atomic E-state index is 0.898. The van der Waals surface area contributed by atoms with Gasteiger partial charge in [0.2, 0.25) is 0 Å². The molecule has 0 atom stereocenters. The van der Waals surface area contributed by atoms with Crippen molar-refractivity contribution in [2.45, 2.75) is 90.9 Å². The van der Waals surface area contributed by atoms with E-state index in [0.29, 0.717) is 0 Å². The third-order valence-electron chi connectivity index (χ3n) is 10.6. The van der Waals surface area contributed by atoms with Gasteiger partial charge in [-0.2, -0.15) is 0 Å². The number of unbranched alkanes of at least 4 members (excludes halogenated alkanes) is 8. The number of rotatable bonds is 14. The Balaban J connectivity index is 1.16. The molecule has 0 aromatic heterocycles. The maximum atomic E-state index is 6.69. The van der Waals surface area contributed by atoms with E-state index in [1.165, 1.54) is 108 Å². The van der Waals surface area contributed by atoms with Crippen LogP contribution in [0.2, 0.25) is 0 Å². The van der Waals surface area contributed by atoms with Crippen LogP contribution in [0.15, 0.2) is 106 Å². The van der Waals surface area contributed by atoms with Gasteiger partial charge in [0.25, 0.3) is 0 Å². The fourth-order valence-electron chi connectivity index (χ4n) is 7.94. The van der Waals surface area contributed by atoms with Crippen LogP contribution >= 0.6 is 0 Å². The Bertz CT molecular complexity index is 2080. The van der Waals surface area contributed by atoms with E-state index >= 15 is 0 Å². The first kappa shape index (κ1) is 30.8. The predicted octanol–water partition coefficient (Wildman–Crippen LogP) is 14.4. The van der Waals surface area contributed by atoms with Crippen molar-refractivity contribution >= 4 is 43.9 Å². The lowest BCUT2D eigenvalue weighted by Gasteiger charge is -2.21. The second-order valence-corrected chi connectivity index (χ2v) is 13.9. The lowest BCUT2D eigenvalue weighted by molar-refractivity contribution is 0.632. The smallest absolute Gasteiger partial charge is 0.136 e. The van der Waals surface area contributed by atoms with Gasteiger partial charge in [0.15, 0.2) is 0 Å². The topological polar surface area (TPSA) is 26.3 Å². The van der Waals surface area contributed by atoms with Crippen molar-refractivity contribution < 1.29 is 8.83 Å².